The molecule has 2 unspecified atom stereocenters. The molecule has 0 bridgehead atoms. The molecule has 1 aromatic rings. The first-order valence-corrected chi connectivity index (χ1v) is 6.76. The van der Waals surface area contributed by atoms with Crippen LogP contribution in [0.4, 0.5) is 0 Å². The van der Waals surface area contributed by atoms with Crippen LogP contribution in [-0.4, -0.2) is 37.4 Å². The molecule has 20 heavy (non-hydrogen) atoms. The van der Waals surface area contributed by atoms with E-state index in [9.17, 15) is 9.90 Å². The van der Waals surface area contributed by atoms with Gasteiger partial charge in [-0.1, -0.05) is 30.3 Å². The number of amides is 1. The predicted molar refractivity (Wildman–Crippen MR) is 78.1 cm³/mol. The molecule has 4 N–H and O–H groups in total. The number of nitrogens with two attached hydrogens (primary N) is 1. The molecule has 5 heteroatoms. The molecular formula is C15H24N2O3. The van der Waals surface area contributed by atoms with Crippen LogP contribution in [0.1, 0.15) is 25.3 Å². The Hall–Kier alpha value is -1.43. The summed E-state index contributed by atoms with van der Waals surface area (Å²) in [6.45, 7) is 2.17. The fraction of sp³-hybridized carbons (Fsp3) is 0.533. The highest BCUT2D eigenvalue weighted by molar-refractivity contribution is 5.82. The maximum absolute atomic E-state index is 12.1. The minimum absolute atomic E-state index is 0.187. The van der Waals surface area contributed by atoms with Crippen LogP contribution in [0.5, 0.6) is 0 Å². The fourth-order valence-electron chi connectivity index (χ4n) is 1.95. The third kappa shape index (κ3) is 4.59. The number of rotatable bonds is 8. The van der Waals surface area contributed by atoms with Gasteiger partial charge in [-0.3, -0.25) is 4.79 Å². The van der Waals surface area contributed by atoms with E-state index in [1.54, 1.807) is 14.0 Å². The van der Waals surface area contributed by atoms with Crippen molar-refractivity contribution >= 4 is 5.91 Å². The van der Waals surface area contributed by atoms with E-state index in [1.807, 2.05) is 30.3 Å². The first-order valence-electron chi connectivity index (χ1n) is 6.76. The van der Waals surface area contributed by atoms with Crippen molar-refractivity contribution in [2.45, 2.75) is 31.3 Å². The Kier molecular flexibility index (Phi) is 6.64. The lowest BCUT2D eigenvalue weighted by molar-refractivity contribution is -0.125. The standard InChI is InChI=1S/C15H24N2O3/c1-15(11-18,12-7-4-3-5-8-12)17-14(19)13(16)9-6-10-20-2/h3-5,7-8,13,18H,6,9-11,16H2,1-2H3,(H,17,19). The van der Waals surface area contributed by atoms with Crippen LogP contribution in [0, 0.1) is 0 Å². The zero-order valence-corrected chi connectivity index (χ0v) is 12.1. The summed E-state index contributed by atoms with van der Waals surface area (Å²) in [6, 6.07) is 8.76. The highest BCUT2D eigenvalue weighted by Crippen LogP contribution is 2.20. The van der Waals surface area contributed by atoms with Gasteiger partial charge < -0.3 is 20.9 Å². The van der Waals surface area contributed by atoms with E-state index in [0.717, 1.165) is 12.0 Å². The highest BCUT2D eigenvalue weighted by atomic mass is 16.5. The molecule has 112 valence electrons. The van der Waals surface area contributed by atoms with Crippen molar-refractivity contribution in [2.75, 3.05) is 20.3 Å². The Morgan fingerprint density at radius 1 is 1.45 bits per heavy atom. The third-order valence-corrected chi connectivity index (χ3v) is 3.33. The number of carbonyl (C=O) groups excluding carboxylic acids is 1. The normalized spacial score (nSPS) is 15.4. The second-order valence-electron chi connectivity index (χ2n) is 5.09. The topological polar surface area (TPSA) is 84.6 Å². The Morgan fingerprint density at radius 2 is 2.10 bits per heavy atom. The number of methoxy groups -OCH3 is 1. The number of aliphatic hydroxyl groups is 1. The van der Waals surface area contributed by atoms with E-state index in [1.165, 1.54) is 0 Å². The van der Waals surface area contributed by atoms with Crippen LogP contribution >= 0.6 is 0 Å². The minimum Gasteiger partial charge on any atom is -0.394 e. The van der Waals surface area contributed by atoms with Gasteiger partial charge in [0.15, 0.2) is 0 Å². The van der Waals surface area contributed by atoms with E-state index in [-0.39, 0.29) is 12.5 Å². The monoisotopic (exact) mass is 280 g/mol. The molecule has 0 fully saturated rings. The number of nitrogens with one attached hydrogen (secondary N) is 1. The van der Waals surface area contributed by atoms with Gasteiger partial charge in [-0.2, -0.15) is 0 Å². The second-order valence-corrected chi connectivity index (χ2v) is 5.09. The number of benzene rings is 1. The summed E-state index contributed by atoms with van der Waals surface area (Å²) >= 11 is 0. The lowest BCUT2D eigenvalue weighted by Gasteiger charge is -2.30. The summed E-state index contributed by atoms with van der Waals surface area (Å²) in [5, 5.41) is 12.4. The van der Waals surface area contributed by atoms with Crippen LogP contribution in [0.15, 0.2) is 30.3 Å². The smallest absolute Gasteiger partial charge is 0.237 e. The van der Waals surface area contributed by atoms with Gasteiger partial charge in [-0.25, -0.2) is 0 Å². The van der Waals surface area contributed by atoms with E-state index < -0.39 is 11.6 Å². The van der Waals surface area contributed by atoms with Crippen molar-refractivity contribution < 1.29 is 14.6 Å². The van der Waals surface area contributed by atoms with Gasteiger partial charge in [-0.05, 0) is 25.3 Å². The number of carbonyl (C=O) groups is 1. The summed E-state index contributed by atoms with van der Waals surface area (Å²) in [6.07, 6.45) is 1.28. The van der Waals surface area contributed by atoms with E-state index in [4.69, 9.17) is 10.5 Å². The van der Waals surface area contributed by atoms with Crippen molar-refractivity contribution in [3.63, 3.8) is 0 Å². The van der Waals surface area contributed by atoms with Gasteiger partial charge in [0.2, 0.25) is 5.91 Å². The van der Waals surface area contributed by atoms with E-state index >= 15 is 0 Å². The Morgan fingerprint density at radius 3 is 2.65 bits per heavy atom. The van der Waals surface area contributed by atoms with Crippen molar-refractivity contribution in [1.29, 1.82) is 0 Å². The maximum atomic E-state index is 12.1. The summed E-state index contributed by atoms with van der Waals surface area (Å²) in [4.78, 5) is 12.1. The summed E-state index contributed by atoms with van der Waals surface area (Å²) < 4.78 is 4.94. The number of ether oxygens (including phenoxy) is 1. The lowest BCUT2D eigenvalue weighted by Crippen LogP contribution is -2.52. The summed E-state index contributed by atoms with van der Waals surface area (Å²) in [7, 11) is 1.61. The SMILES string of the molecule is COCCCC(N)C(=O)NC(C)(CO)c1ccccc1. The van der Waals surface area contributed by atoms with E-state index in [2.05, 4.69) is 5.32 Å². The predicted octanol–water partition coefficient (Wildman–Crippen LogP) is 0.764. The van der Waals surface area contributed by atoms with Crippen LogP contribution in [0.2, 0.25) is 0 Å². The molecule has 0 spiro atoms. The van der Waals surface area contributed by atoms with Crippen molar-refractivity contribution in [2.24, 2.45) is 5.73 Å². The van der Waals surface area contributed by atoms with Crippen molar-refractivity contribution in [3.8, 4) is 0 Å². The van der Waals surface area contributed by atoms with Gasteiger partial charge in [0.1, 0.15) is 0 Å². The zero-order valence-electron chi connectivity index (χ0n) is 12.1. The van der Waals surface area contributed by atoms with Crippen molar-refractivity contribution in [1.82, 2.24) is 5.32 Å². The molecular weight excluding hydrogens is 256 g/mol. The van der Waals surface area contributed by atoms with Gasteiger partial charge in [-0.15, -0.1) is 0 Å². The number of hydrogen-bond donors (Lipinski definition) is 3. The average Bonchev–Trinajstić information content (AvgIpc) is 2.48. The summed E-state index contributed by atoms with van der Waals surface area (Å²) in [5.74, 6) is -0.262. The van der Waals surface area contributed by atoms with Crippen LogP contribution in [-0.2, 0) is 15.1 Å². The molecule has 0 aliphatic heterocycles. The lowest BCUT2D eigenvalue weighted by atomic mass is 9.92. The minimum atomic E-state index is -0.822. The van der Waals surface area contributed by atoms with Crippen LogP contribution in [0.25, 0.3) is 0 Å². The largest absolute Gasteiger partial charge is 0.394 e. The molecule has 5 nitrogen and oxygen atoms in total. The molecule has 0 aliphatic carbocycles. The van der Waals surface area contributed by atoms with Gasteiger partial charge in [0, 0.05) is 13.7 Å². The number of hydrogen-bond acceptors (Lipinski definition) is 4. The molecule has 0 aromatic heterocycles. The summed E-state index contributed by atoms with van der Waals surface area (Å²) in [5.41, 5.74) is 5.87. The quantitative estimate of drug-likeness (QED) is 0.614. The molecule has 1 aromatic carbocycles. The molecule has 0 radical (unpaired) electrons. The Labute approximate surface area is 120 Å². The number of aliphatic hydroxyl groups excluding tert-OH is 1. The van der Waals surface area contributed by atoms with Crippen LogP contribution < -0.4 is 11.1 Å². The third-order valence-electron chi connectivity index (χ3n) is 3.33. The first-order chi connectivity index (χ1) is 9.53. The van der Waals surface area contributed by atoms with Gasteiger partial charge in [0.05, 0.1) is 18.2 Å². The highest BCUT2D eigenvalue weighted by Gasteiger charge is 2.29. The Balaban J connectivity index is 2.66. The van der Waals surface area contributed by atoms with Gasteiger partial charge >= 0.3 is 0 Å². The molecule has 0 saturated carbocycles. The molecule has 1 rings (SSSR count). The van der Waals surface area contributed by atoms with Crippen LogP contribution in [0.3, 0.4) is 0 Å². The zero-order chi connectivity index (χ0) is 15.0. The fourth-order valence-corrected chi connectivity index (χ4v) is 1.95. The maximum Gasteiger partial charge on any atom is 0.237 e. The molecule has 1 amide bonds. The first kappa shape index (κ1) is 16.6. The molecule has 0 heterocycles. The average molecular weight is 280 g/mol. The molecule has 0 saturated heterocycles. The second kappa shape index (κ2) is 7.99. The van der Waals surface area contributed by atoms with E-state index in [0.29, 0.717) is 13.0 Å². The molecule has 2 atom stereocenters. The molecule has 0 aliphatic rings. The van der Waals surface area contributed by atoms with Gasteiger partial charge in [0.25, 0.3) is 0 Å². The van der Waals surface area contributed by atoms with Crippen molar-refractivity contribution in [3.05, 3.63) is 35.9 Å². The Bertz CT molecular complexity index is 411.